The van der Waals surface area contributed by atoms with Gasteiger partial charge in [0, 0.05) is 12.6 Å². The summed E-state index contributed by atoms with van der Waals surface area (Å²) in [6, 6.07) is 17.9. The summed E-state index contributed by atoms with van der Waals surface area (Å²) in [4.78, 5) is 25.3. The minimum absolute atomic E-state index is 0.286. The van der Waals surface area contributed by atoms with E-state index in [1.807, 2.05) is 60.7 Å². The number of carbonyl (C=O) groups excluding carboxylic acids is 2. The van der Waals surface area contributed by atoms with Gasteiger partial charge in [-0.3, -0.25) is 9.69 Å². The van der Waals surface area contributed by atoms with Crippen LogP contribution in [-0.2, 0) is 9.53 Å². The fourth-order valence-corrected chi connectivity index (χ4v) is 2.59. The summed E-state index contributed by atoms with van der Waals surface area (Å²) in [5, 5.41) is 2.88. The highest BCUT2D eigenvalue weighted by molar-refractivity contribution is 5.95. The van der Waals surface area contributed by atoms with Crippen LogP contribution in [0.15, 0.2) is 60.7 Å². The summed E-state index contributed by atoms with van der Waals surface area (Å²) in [6.07, 6.45) is -0.713. The molecule has 1 heterocycles. The van der Waals surface area contributed by atoms with Crippen molar-refractivity contribution in [3.63, 3.8) is 0 Å². The van der Waals surface area contributed by atoms with Crippen molar-refractivity contribution in [1.82, 2.24) is 5.32 Å². The molecule has 112 valence electrons. The predicted molar refractivity (Wildman–Crippen MR) is 82.2 cm³/mol. The molecule has 1 aliphatic heterocycles. The number of amides is 2. The molecule has 0 radical (unpaired) electrons. The molecule has 2 amide bonds. The molecule has 5 nitrogen and oxygen atoms in total. The molecular formula is C17H16N2O3. The number of hydrogen-bond acceptors (Lipinski definition) is 3. The third kappa shape index (κ3) is 2.65. The van der Waals surface area contributed by atoms with Crippen LogP contribution in [-0.4, -0.2) is 18.2 Å². The van der Waals surface area contributed by atoms with Crippen molar-refractivity contribution >= 4 is 17.7 Å². The van der Waals surface area contributed by atoms with Crippen LogP contribution in [0.1, 0.15) is 18.5 Å². The van der Waals surface area contributed by atoms with Gasteiger partial charge in [0.15, 0.2) is 0 Å². The molecule has 2 aromatic carbocycles. The summed E-state index contributed by atoms with van der Waals surface area (Å²) < 4.78 is 5.42. The van der Waals surface area contributed by atoms with E-state index in [1.54, 1.807) is 0 Å². The van der Waals surface area contributed by atoms with E-state index < -0.39 is 18.2 Å². The Kier molecular flexibility index (Phi) is 3.78. The topological polar surface area (TPSA) is 58.6 Å². The molecule has 0 bridgehead atoms. The van der Waals surface area contributed by atoms with Crippen LogP contribution in [0, 0.1) is 0 Å². The molecule has 1 N–H and O–H groups in total. The Morgan fingerprint density at radius 3 is 2.23 bits per heavy atom. The number of urea groups is 1. The third-order valence-corrected chi connectivity index (χ3v) is 3.52. The molecule has 0 saturated carbocycles. The van der Waals surface area contributed by atoms with Gasteiger partial charge >= 0.3 is 12.0 Å². The van der Waals surface area contributed by atoms with Gasteiger partial charge in [0.1, 0.15) is 6.04 Å². The molecule has 2 aromatic rings. The minimum Gasteiger partial charge on any atom is -0.439 e. The Hall–Kier alpha value is -2.82. The van der Waals surface area contributed by atoms with Crippen molar-refractivity contribution in [3.05, 3.63) is 66.2 Å². The molecule has 3 rings (SSSR count). The van der Waals surface area contributed by atoms with Crippen LogP contribution in [0.5, 0.6) is 0 Å². The van der Waals surface area contributed by atoms with Crippen molar-refractivity contribution in [1.29, 1.82) is 0 Å². The molecular weight excluding hydrogens is 280 g/mol. The van der Waals surface area contributed by atoms with Crippen molar-refractivity contribution in [2.75, 3.05) is 4.90 Å². The maximum atomic E-state index is 12.4. The van der Waals surface area contributed by atoms with Crippen molar-refractivity contribution in [3.8, 4) is 0 Å². The number of nitrogens with one attached hydrogen (secondary N) is 1. The highest BCUT2D eigenvalue weighted by Gasteiger charge is 2.43. The fraction of sp³-hybridized carbons (Fsp3) is 0.176. The van der Waals surface area contributed by atoms with Gasteiger partial charge in [0.05, 0.1) is 0 Å². The zero-order valence-corrected chi connectivity index (χ0v) is 12.1. The third-order valence-electron chi connectivity index (χ3n) is 3.52. The Morgan fingerprint density at radius 1 is 1.05 bits per heavy atom. The smallest absolute Gasteiger partial charge is 0.325 e. The van der Waals surface area contributed by atoms with Gasteiger partial charge < -0.3 is 10.1 Å². The zero-order valence-electron chi connectivity index (χ0n) is 12.1. The van der Waals surface area contributed by atoms with Crippen LogP contribution in [0.3, 0.4) is 0 Å². The van der Waals surface area contributed by atoms with Crippen molar-refractivity contribution in [2.45, 2.75) is 19.2 Å². The van der Waals surface area contributed by atoms with Gasteiger partial charge in [-0.15, -0.1) is 0 Å². The predicted octanol–water partition coefficient (Wildman–Crippen LogP) is 2.85. The Labute approximate surface area is 128 Å². The number of carbonyl (C=O) groups is 2. The van der Waals surface area contributed by atoms with Gasteiger partial charge in [0.2, 0.25) is 6.23 Å². The molecule has 0 aliphatic carbocycles. The number of para-hydroxylation sites is 1. The fourth-order valence-electron chi connectivity index (χ4n) is 2.59. The highest BCUT2D eigenvalue weighted by atomic mass is 16.6. The molecule has 1 saturated heterocycles. The summed E-state index contributed by atoms with van der Waals surface area (Å²) >= 11 is 0. The lowest BCUT2D eigenvalue weighted by Crippen LogP contribution is -2.37. The van der Waals surface area contributed by atoms with Crippen LogP contribution in [0.2, 0.25) is 0 Å². The Bertz CT molecular complexity index is 673. The first-order chi connectivity index (χ1) is 10.7. The van der Waals surface area contributed by atoms with E-state index in [4.69, 9.17) is 4.74 Å². The van der Waals surface area contributed by atoms with Gasteiger partial charge in [-0.05, 0) is 17.7 Å². The summed E-state index contributed by atoms with van der Waals surface area (Å²) in [5.41, 5.74) is 1.57. The number of esters is 1. The first-order valence-corrected chi connectivity index (χ1v) is 7.04. The standard InChI is InChI=1S/C17H16N2O3/c1-12(20)22-16-15(13-8-4-2-5-9-13)18-17(21)19(16)14-10-6-3-7-11-14/h2-11,15-16H,1H3,(H,18,21). The number of nitrogens with zero attached hydrogens (tertiary/aromatic N) is 1. The second-order valence-electron chi connectivity index (χ2n) is 5.04. The van der Waals surface area contributed by atoms with E-state index in [0.717, 1.165) is 5.56 Å². The lowest BCUT2D eigenvalue weighted by Gasteiger charge is -2.25. The van der Waals surface area contributed by atoms with Crippen LogP contribution >= 0.6 is 0 Å². The summed E-state index contributed by atoms with van der Waals surface area (Å²) in [5.74, 6) is -0.427. The lowest BCUT2D eigenvalue weighted by molar-refractivity contribution is -0.146. The number of anilines is 1. The second-order valence-corrected chi connectivity index (χ2v) is 5.04. The molecule has 0 aromatic heterocycles. The van der Waals surface area contributed by atoms with E-state index in [1.165, 1.54) is 11.8 Å². The average Bonchev–Trinajstić information content (AvgIpc) is 2.85. The van der Waals surface area contributed by atoms with Gasteiger partial charge in [-0.25, -0.2) is 4.79 Å². The van der Waals surface area contributed by atoms with Crippen LogP contribution in [0.4, 0.5) is 10.5 Å². The molecule has 22 heavy (non-hydrogen) atoms. The summed E-state index contributed by atoms with van der Waals surface area (Å²) in [7, 11) is 0. The number of rotatable bonds is 3. The SMILES string of the molecule is CC(=O)OC1C(c2ccccc2)NC(=O)N1c1ccccc1. The minimum atomic E-state index is -0.713. The summed E-state index contributed by atoms with van der Waals surface area (Å²) in [6.45, 7) is 1.34. The first-order valence-electron chi connectivity index (χ1n) is 7.04. The lowest BCUT2D eigenvalue weighted by atomic mass is 10.1. The van der Waals surface area contributed by atoms with Crippen LogP contribution in [0.25, 0.3) is 0 Å². The van der Waals surface area contributed by atoms with Gasteiger partial charge in [0.25, 0.3) is 0 Å². The van der Waals surface area contributed by atoms with Crippen molar-refractivity contribution < 1.29 is 14.3 Å². The molecule has 2 atom stereocenters. The monoisotopic (exact) mass is 296 g/mol. The average molecular weight is 296 g/mol. The maximum absolute atomic E-state index is 12.4. The van der Waals surface area contributed by atoms with E-state index in [-0.39, 0.29) is 6.03 Å². The van der Waals surface area contributed by atoms with E-state index in [0.29, 0.717) is 5.69 Å². The molecule has 0 spiro atoms. The largest absolute Gasteiger partial charge is 0.439 e. The van der Waals surface area contributed by atoms with E-state index in [9.17, 15) is 9.59 Å². The number of hydrogen-bond donors (Lipinski definition) is 1. The van der Waals surface area contributed by atoms with Gasteiger partial charge in [-0.2, -0.15) is 0 Å². The molecule has 1 aliphatic rings. The Balaban J connectivity index is 1.99. The van der Waals surface area contributed by atoms with Gasteiger partial charge in [-0.1, -0.05) is 48.5 Å². The quantitative estimate of drug-likeness (QED) is 0.886. The molecule has 2 unspecified atom stereocenters. The molecule has 5 heteroatoms. The van der Waals surface area contributed by atoms with E-state index >= 15 is 0 Å². The second kappa shape index (κ2) is 5.89. The first kappa shape index (κ1) is 14.1. The zero-order chi connectivity index (χ0) is 15.5. The molecule has 1 fully saturated rings. The Morgan fingerprint density at radius 2 is 1.64 bits per heavy atom. The van der Waals surface area contributed by atoms with Crippen molar-refractivity contribution in [2.24, 2.45) is 0 Å². The normalized spacial score (nSPS) is 20.6. The maximum Gasteiger partial charge on any atom is 0.325 e. The van der Waals surface area contributed by atoms with E-state index in [2.05, 4.69) is 5.32 Å². The number of ether oxygens (including phenoxy) is 1. The van der Waals surface area contributed by atoms with Crippen LogP contribution < -0.4 is 10.2 Å². The highest BCUT2D eigenvalue weighted by Crippen LogP contribution is 2.32. The number of benzene rings is 2.